The van der Waals surface area contributed by atoms with Gasteiger partial charge in [0, 0.05) is 6.04 Å². The lowest BCUT2D eigenvalue weighted by atomic mass is 9.92. The average molecular weight is 252 g/mol. The molecule has 3 nitrogen and oxygen atoms in total. The van der Waals surface area contributed by atoms with Crippen LogP contribution in [0.25, 0.3) is 0 Å². The first-order chi connectivity index (χ1) is 8.75. The topological polar surface area (TPSA) is 41.1 Å². The van der Waals surface area contributed by atoms with Gasteiger partial charge in [-0.1, -0.05) is 39.0 Å². The number of hydrogen-bond donors (Lipinski definition) is 2. The van der Waals surface area contributed by atoms with Crippen molar-refractivity contribution in [1.82, 2.24) is 10.6 Å². The third-order valence-electron chi connectivity index (χ3n) is 4.43. The average Bonchev–Trinajstić information content (AvgIpc) is 2.32. The summed E-state index contributed by atoms with van der Waals surface area (Å²) in [5.74, 6) is 0.923. The molecular formula is C15H28N2O. The Morgan fingerprint density at radius 3 is 2.39 bits per heavy atom. The molecule has 2 N–H and O–H groups in total. The Balaban J connectivity index is 1.77. The second kappa shape index (κ2) is 7.13. The standard InChI is InChI=1S/C15H28N2O/c1-12-9-10-16-14(11-12)15(18)17-13-7-5-3-2-4-6-8-13/h12-14,16H,2-11H2,1H3,(H,17,18). The van der Waals surface area contributed by atoms with E-state index < -0.39 is 0 Å². The molecule has 0 radical (unpaired) electrons. The van der Waals surface area contributed by atoms with Crippen molar-refractivity contribution in [3.8, 4) is 0 Å². The molecule has 0 bridgehead atoms. The molecule has 1 amide bonds. The van der Waals surface area contributed by atoms with Crippen molar-refractivity contribution in [1.29, 1.82) is 0 Å². The number of carbonyl (C=O) groups excluding carboxylic acids is 1. The van der Waals surface area contributed by atoms with Crippen molar-refractivity contribution in [2.45, 2.75) is 76.8 Å². The summed E-state index contributed by atoms with van der Waals surface area (Å²) in [6.07, 6.45) is 11.2. The molecule has 0 aromatic rings. The van der Waals surface area contributed by atoms with Crippen molar-refractivity contribution in [2.24, 2.45) is 5.92 Å². The quantitative estimate of drug-likeness (QED) is 0.793. The molecule has 1 saturated carbocycles. The monoisotopic (exact) mass is 252 g/mol. The van der Waals surface area contributed by atoms with E-state index in [4.69, 9.17) is 0 Å². The van der Waals surface area contributed by atoms with Gasteiger partial charge < -0.3 is 10.6 Å². The van der Waals surface area contributed by atoms with Gasteiger partial charge in [-0.25, -0.2) is 0 Å². The lowest BCUT2D eigenvalue weighted by molar-refractivity contribution is -0.124. The maximum Gasteiger partial charge on any atom is 0.237 e. The van der Waals surface area contributed by atoms with Crippen LogP contribution in [0.1, 0.15) is 64.7 Å². The van der Waals surface area contributed by atoms with Gasteiger partial charge in [0.15, 0.2) is 0 Å². The smallest absolute Gasteiger partial charge is 0.237 e. The Hall–Kier alpha value is -0.570. The van der Waals surface area contributed by atoms with Gasteiger partial charge in [-0.2, -0.15) is 0 Å². The fourth-order valence-corrected chi connectivity index (χ4v) is 3.21. The molecule has 104 valence electrons. The Morgan fingerprint density at radius 2 is 1.72 bits per heavy atom. The highest BCUT2D eigenvalue weighted by molar-refractivity contribution is 5.82. The van der Waals surface area contributed by atoms with Gasteiger partial charge in [0.05, 0.1) is 6.04 Å². The summed E-state index contributed by atoms with van der Waals surface area (Å²) >= 11 is 0. The van der Waals surface area contributed by atoms with Gasteiger partial charge in [-0.05, 0) is 38.1 Å². The van der Waals surface area contributed by atoms with Gasteiger partial charge in [-0.3, -0.25) is 4.79 Å². The van der Waals surface area contributed by atoms with E-state index in [1.54, 1.807) is 0 Å². The molecule has 0 aromatic heterocycles. The van der Waals surface area contributed by atoms with Crippen molar-refractivity contribution in [2.75, 3.05) is 6.54 Å². The number of piperidine rings is 1. The molecule has 0 aromatic carbocycles. The van der Waals surface area contributed by atoms with Gasteiger partial charge in [0.2, 0.25) is 5.91 Å². The molecule has 18 heavy (non-hydrogen) atoms. The first-order valence-electron chi connectivity index (χ1n) is 7.79. The van der Waals surface area contributed by atoms with Crippen LogP contribution in [0, 0.1) is 5.92 Å². The maximum atomic E-state index is 12.2. The van der Waals surface area contributed by atoms with E-state index in [9.17, 15) is 4.79 Å². The first-order valence-corrected chi connectivity index (χ1v) is 7.79. The molecule has 3 heteroatoms. The van der Waals surface area contributed by atoms with Crippen LogP contribution in [-0.4, -0.2) is 24.5 Å². The van der Waals surface area contributed by atoms with E-state index in [1.165, 1.54) is 51.4 Å². The van der Waals surface area contributed by atoms with E-state index >= 15 is 0 Å². The fourth-order valence-electron chi connectivity index (χ4n) is 3.21. The molecule has 2 atom stereocenters. The van der Waals surface area contributed by atoms with Crippen LogP contribution in [0.4, 0.5) is 0 Å². The summed E-state index contributed by atoms with van der Waals surface area (Å²) < 4.78 is 0. The zero-order valence-corrected chi connectivity index (χ0v) is 11.7. The normalized spacial score (nSPS) is 31.4. The SMILES string of the molecule is CC1CCNC(C(=O)NC2CCCCCCC2)C1. The van der Waals surface area contributed by atoms with Crippen molar-refractivity contribution in [3.05, 3.63) is 0 Å². The van der Waals surface area contributed by atoms with Crippen molar-refractivity contribution < 1.29 is 4.79 Å². The molecule has 2 aliphatic rings. The van der Waals surface area contributed by atoms with E-state index in [0.29, 0.717) is 12.0 Å². The predicted octanol–water partition coefficient (Wildman–Crippen LogP) is 2.60. The molecule has 1 aliphatic heterocycles. The van der Waals surface area contributed by atoms with Crippen molar-refractivity contribution >= 4 is 5.91 Å². The lowest BCUT2D eigenvalue weighted by Gasteiger charge is -2.29. The Bertz CT molecular complexity index is 259. The van der Waals surface area contributed by atoms with Crippen LogP contribution in [0.3, 0.4) is 0 Å². The zero-order valence-electron chi connectivity index (χ0n) is 11.7. The third-order valence-corrected chi connectivity index (χ3v) is 4.43. The molecular weight excluding hydrogens is 224 g/mol. The van der Waals surface area contributed by atoms with Crippen LogP contribution < -0.4 is 10.6 Å². The number of nitrogens with one attached hydrogen (secondary N) is 2. The number of rotatable bonds is 2. The largest absolute Gasteiger partial charge is 0.352 e. The van der Waals surface area contributed by atoms with Crippen molar-refractivity contribution in [3.63, 3.8) is 0 Å². The van der Waals surface area contributed by atoms with E-state index in [2.05, 4.69) is 17.6 Å². The van der Waals surface area contributed by atoms with Gasteiger partial charge in [0.1, 0.15) is 0 Å². The molecule has 1 heterocycles. The second-order valence-electron chi connectivity index (χ2n) is 6.19. The summed E-state index contributed by atoms with van der Waals surface area (Å²) in [4.78, 5) is 12.2. The zero-order chi connectivity index (χ0) is 12.8. The summed E-state index contributed by atoms with van der Waals surface area (Å²) in [6.45, 7) is 3.24. The van der Waals surface area contributed by atoms with Gasteiger partial charge >= 0.3 is 0 Å². The highest BCUT2D eigenvalue weighted by atomic mass is 16.2. The Kier molecular flexibility index (Phi) is 5.48. The molecule has 2 unspecified atom stereocenters. The summed E-state index contributed by atoms with van der Waals surface area (Å²) in [5, 5.41) is 6.63. The summed E-state index contributed by atoms with van der Waals surface area (Å²) in [6, 6.07) is 0.482. The Morgan fingerprint density at radius 1 is 1.06 bits per heavy atom. The van der Waals surface area contributed by atoms with Crippen LogP contribution in [0.5, 0.6) is 0 Å². The van der Waals surface area contributed by atoms with Crippen LogP contribution in [0.15, 0.2) is 0 Å². The molecule has 2 fully saturated rings. The maximum absolute atomic E-state index is 12.2. The Labute approximate surface area is 111 Å². The van der Waals surface area contributed by atoms with Crippen LogP contribution in [0.2, 0.25) is 0 Å². The highest BCUT2D eigenvalue weighted by Crippen LogP contribution is 2.19. The summed E-state index contributed by atoms with van der Waals surface area (Å²) in [7, 11) is 0. The minimum Gasteiger partial charge on any atom is -0.352 e. The first kappa shape index (κ1) is 13.9. The minimum absolute atomic E-state index is 0.0548. The van der Waals surface area contributed by atoms with Gasteiger partial charge in [0.25, 0.3) is 0 Å². The predicted molar refractivity (Wildman–Crippen MR) is 74.4 cm³/mol. The number of amides is 1. The second-order valence-corrected chi connectivity index (χ2v) is 6.19. The molecule has 1 aliphatic carbocycles. The van der Waals surface area contributed by atoms with Gasteiger partial charge in [-0.15, -0.1) is 0 Å². The lowest BCUT2D eigenvalue weighted by Crippen LogP contribution is -2.51. The minimum atomic E-state index is 0.0548. The van der Waals surface area contributed by atoms with E-state index in [-0.39, 0.29) is 11.9 Å². The van der Waals surface area contributed by atoms with Crippen LogP contribution >= 0.6 is 0 Å². The van der Waals surface area contributed by atoms with E-state index in [1.807, 2.05) is 0 Å². The van der Waals surface area contributed by atoms with Crippen LogP contribution in [-0.2, 0) is 4.79 Å². The molecule has 2 rings (SSSR count). The fraction of sp³-hybridized carbons (Fsp3) is 0.933. The molecule has 1 saturated heterocycles. The number of carbonyl (C=O) groups is 1. The third kappa shape index (κ3) is 4.27. The molecule has 0 spiro atoms. The number of hydrogen-bond acceptors (Lipinski definition) is 2. The van der Waals surface area contributed by atoms with E-state index in [0.717, 1.165) is 13.0 Å². The highest BCUT2D eigenvalue weighted by Gasteiger charge is 2.26. The summed E-state index contributed by atoms with van der Waals surface area (Å²) in [5.41, 5.74) is 0.